The van der Waals surface area contributed by atoms with Gasteiger partial charge >= 0.3 is 11.7 Å². The molecule has 0 amide bonds. The Morgan fingerprint density at radius 2 is 1.77 bits per heavy atom. The topological polar surface area (TPSA) is 71.9 Å². The fourth-order valence-corrected chi connectivity index (χ4v) is 1.87. The maximum atomic E-state index is 11.6. The van der Waals surface area contributed by atoms with Gasteiger partial charge in [-0.2, -0.15) is 4.79 Å². The predicted octanol–water partition coefficient (Wildman–Crippen LogP) is 2.85. The van der Waals surface area contributed by atoms with Gasteiger partial charge in [0.15, 0.2) is 0 Å². The molecule has 0 atom stereocenters. The molecule has 0 aromatic heterocycles. The Morgan fingerprint density at radius 3 is 2.36 bits per heavy atom. The van der Waals surface area contributed by atoms with Crippen LogP contribution in [0.3, 0.4) is 0 Å². The summed E-state index contributed by atoms with van der Waals surface area (Å²) in [6.07, 6.45) is 0. The number of carbonyl (C=O) groups is 1. The lowest BCUT2D eigenvalue weighted by Gasteiger charge is -2.06. The molecule has 0 N–H and O–H groups in total. The SMILES string of the molecule is CCOC(=O)C(=[N+]=[N-])c1ccc(OCc2ccccc2)cc1. The van der Waals surface area contributed by atoms with Crippen LogP contribution in [0, 0.1) is 0 Å². The van der Waals surface area contributed by atoms with Crippen molar-refractivity contribution in [2.24, 2.45) is 0 Å². The largest absolute Gasteiger partial charge is 0.489 e. The van der Waals surface area contributed by atoms with Crippen molar-refractivity contribution >= 4 is 11.7 Å². The molecule has 0 aliphatic carbocycles. The maximum absolute atomic E-state index is 11.6. The highest BCUT2D eigenvalue weighted by Crippen LogP contribution is 2.15. The molecule has 0 fully saturated rings. The Labute approximate surface area is 128 Å². The maximum Gasteiger partial charge on any atom is 0.422 e. The van der Waals surface area contributed by atoms with Gasteiger partial charge < -0.3 is 15.0 Å². The number of carbonyl (C=O) groups excluding carboxylic acids is 1. The number of benzene rings is 2. The van der Waals surface area contributed by atoms with Gasteiger partial charge in [-0.25, -0.2) is 4.79 Å². The summed E-state index contributed by atoms with van der Waals surface area (Å²) in [5.41, 5.74) is 10.4. The summed E-state index contributed by atoms with van der Waals surface area (Å²) in [5, 5.41) is 0. The van der Waals surface area contributed by atoms with E-state index >= 15 is 0 Å². The normalized spacial score (nSPS) is 9.68. The minimum atomic E-state index is -0.664. The number of nitrogens with zero attached hydrogens (tertiary/aromatic N) is 2. The predicted molar refractivity (Wildman–Crippen MR) is 81.6 cm³/mol. The average Bonchev–Trinajstić information content (AvgIpc) is 2.56. The summed E-state index contributed by atoms with van der Waals surface area (Å²) in [6.45, 7) is 2.36. The van der Waals surface area contributed by atoms with Gasteiger partial charge in [0.2, 0.25) is 0 Å². The number of hydrogen-bond donors (Lipinski definition) is 0. The molecule has 2 rings (SSSR count). The van der Waals surface area contributed by atoms with Crippen LogP contribution < -0.4 is 4.74 Å². The molecule has 0 saturated heterocycles. The zero-order valence-electron chi connectivity index (χ0n) is 12.2. The molecule has 0 aliphatic rings. The quantitative estimate of drug-likeness (QED) is 0.356. The molecule has 2 aromatic carbocycles. The van der Waals surface area contributed by atoms with Crippen LogP contribution >= 0.6 is 0 Å². The Hall–Kier alpha value is -2.91. The summed E-state index contributed by atoms with van der Waals surface area (Å²) in [4.78, 5) is 14.6. The second kappa shape index (κ2) is 7.76. The van der Waals surface area contributed by atoms with Crippen molar-refractivity contribution in [2.45, 2.75) is 13.5 Å². The van der Waals surface area contributed by atoms with Gasteiger partial charge in [-0.15, -0.1) is 0 Å². The van der Waals surface area contributed by atoms with E-state index in [1.165, 1.54) is 0 Å². The van der Waals surface area contributed by atoms with Crippen LogP contribution in [0.25, 0.3) is 5.53 Å². The van der Waals surface area contributed by atoms with Crippen LogP contribution in [0.1, 0.15) is 18.1 Å². The van der Waals surface area contributed by atoms with Crippen LogP contribution in [-0.2, 0) is 16.1 Å². The summed E-state index contributed by atoms with van der Waals surface area (Å²) in [5.74, 6) is -0.00305. The summed E-state index contributed by atoms with van der Waals surface area (Å²) in [6, 6.07) is 16.5. The van der Waals surface area contributed by atoms with Crippen LogP contribution in [0.5, 0.6) is 5.75 Å². The lowest BCUT2D eigenvalue weighted by molar-refractivity contribution is -0.139. The van der Waals surface area contributed by atoms with Crippen molar-refractivity contribution in [1.29, 1.82) is 0 Å². The van der Waals surface area contributed by atoms with Crippen LogP contribution in [0.2, 0.25) is 0 Å². The molecule has 0 spiro atoms. The highest BCUT2D eigenvalue weighted by Gasteiger charge is 2.23. The van der Waals surface area contributed by atoms with Gasteiger partial charge in [-0.3, -0.25) is 0 Å². The molecule has 2 aromatic rings. The Kier molecular flexibility index (Phi) is 5.46. The molecular formula is C17H16N2O3. The second-order valence-corrected chi connectivity index (χ2v) is 4.47. The van der Waals surface area contributed by atoms with Gasteiger partial charge in [0, 0.05) is 0 Å². The molecule has 112 valence electrons. The van der Waals surface area contributed by atoms with E-state index in [9.17, 15) is 4.79 Å². The number of rotatable bonds is 6. The molecule has 22 heavy (non-hydrogen) atoms. The summed E-state index contributed by atoms with van der Waals surface area (Å²) < 4.78 is 10.5. The first-order chi connectivity index (χ1) is 10.7. The fourth-order valence-electron chi connectivity index (χ4n) is 1.87. The zero-order valence-corrected chi connectivity index (χ0v) is 12.2. The highest BCUT2D eigenvalue weighted by atomic mass is 16.5. The number of ether oxygens (including phenoxy) is 2. The van der Waals surface area contributed by atoms with Crippen molar-refractivity contribution < 1.29 is 19.1 Å². The molecule has 0 aliphatic heterocycles. The van der Waals surface area contributed by atoms with E-state index < -0.39 is 5.97 Å². The van der Waals surface area contributed by atoms with E-state index in [1.54, 1.807) is 31.2 Å². The van der Waals surface area contributed by atoms with E-state index in [1.807, 2.05) is 30.3 Å². The molecule has 5 heteroatoms. The van der Waals surface area contributed by atoms with E-state index in [2.05, 4.69) is 4.79 Å². The minimum absolute atomic E-state index is 0.128. The molecular weight excluding hydrogens is 280 g/mol. The van der Waals surface area contributed by atoms with Crippen molar-refractivity contribution in [3.8, 4) is 5.75 Å². The standard InChI is InChI=1S/C17H16N2O3/c1-2-21-17(20)16(19-18)14-8-10-15(11-9-14)22-12-13-6-4-3-5-7-13/h3-11H,2,12H2,1H3. The smallest absolute Gasteiger partial charge is 0.422 e. The van der Waals surface area contributed by atoms with Crippen molar-refractivity contribution in [3.63, 3.8) is 0 Å². The third-order valence-electron chi connectivity index (χ3n) is 2.94. The Bertz CT molecular complexity index is 675. The van der Waals surface area contributed by atoms with E-state index in [0.717, 1.165) is 5.56 Å². The highest BCUT2D eigenvalue weighted by molar-refractivity contribution is 6.40. The summed E-state index contributed by atoms with van der Waals surface area (Å²) in [7, 11) is 0. The van der Waals surface area contributed by atoms with Crippen molar-refractivity contribution in [1.82, 2.24) is 0 Å². The van der Waals surface area contributed by atoms with Crippen molar-refractivity contribution in [3.05, 3.63) is 71.3 Å². The zero-order chi connectivity index (χ0) is 15.8. The van der Waals surface area contributed by atoms with Crippen molar-refractivity contribution in [2.75, 3.05) is 6.61 Å². The van der Waals surface area contributed by atoms with E-state index in [4.69, 9.17) is 15.0 Å². The molecule has 0 unspecified atom stereocenters. The minimum Gasteiger partial charge on any atom is -0.489 e. The van der Waals surface area contributed by atoms with Gasteiger partial charge in [0.05, 0.1) is 12.2 Å². The average molecular weight is 296 g/mol. The van der Waals surface area contributed by atoms with E-state index in [-0.39, 0.29) is 12.3 Å². The van der Waals surface area contributed by atoms with Gasteiger partial charge in [-0.1, -0.05) is 30.3 Å². The van der Waals surface area contributed by atoms with Crippen LogP contribution in [-0.4, -0.2) is 23.1 Å². The third kappa shape index (κ3) is 4.04. The molecule has 0 heterocycles. The molecule has 0 bridgehead atoms. The Balaban J connectivity index is 2.03. The van der Waals surface area contributed by atoms with Crippen LogP contribution in [0.4, 0.5) is 0 Å². The number of hydrogen-bond acceptors (Lipinski definition) is 3. The monoisotopic (exact) mass is 296 g/mol. The first-order valence-electron chi connectivity index (χ1n) is 6.91. The molecule has 0 radical (unpaired) electrons. The summed E-state index contributed by atoms with van der Waals surface area (Å²) >= 11 is 0. The fraction of sp³-hybridized carbons (Fsp3) is 0.176. The number of esters is 1. The molecule has 5 nitrogen and oxygen atoms in total. The lowest BCUT2D eigenvalue weighted by Crippen LogP contribution is -2.19. The molecule has 0 saturated carbocycles. The van der Waals surface area contributed by atoms with Gasteiger partial charge in [0.1, 0.15) is 12.4 Å². The second-order valence-electron chi connectivity index (χ2n) is 4.47. The first-order valence-corrected chi connectivity index (χ1v) is 6.91. The Morgan fingerprint density at radius 1 is 1.09 bits per heavy atom. The lowest BCUT2D eigenvalue weighted by atomic mass is 10.1. The first kappa shape index (κ1) is 15.5. The third-order valence-corrected chi connectivity index (χ3v) is 2.94. The van der Waals surface area contributed by atoms with Gasteiger partial charge in [-0.05, 0) is 36.8 Å². The van der Waals surface area contributed by atoms with Gasteiger partial charge in [0.25, 0.3) is 0 Å². The van der Waals surface area contributed by atoms with Crippen LogP contribution in [0.15, 0.2) is 54.6 Å². The van der Waals surface area contributed by atoms with E-state index in [0.29, 0.717) is 17.9 Å².